The molecule has 2 heterocycles. The molecule has 0 amide bonds. The Morgan fingerprint density at radius 3 is 3.07 bits per heavy atom. The van der Waals surface area contributed by atoms with Crippen molar-refractivity contribution in [3.63, 3.8) is 0 Å². The molecule has 4 heteroatoms. The van der Waals surface area contributed by atoms with Crippen LogP contribution >= 0.6 is 11.3 Å². The van der Waals surface area contributed by atoms with Gasteiger partial charge in [0.2, 0.25) is 0 Å². The second-order valence-electron chi connectivity index (χ2n) is 3.76. The third kappa shape index (κ3) is 2.11. The van der Waals surface area contributed by atoms with Crippen LogP contribution in [0.4, 0.5) is 5.00 Å². The molecule has 1 aromatic heterocycles. The Morgan fingerprint density at radius 1 is 1.67 bits per heavy atom. The molecule has 3 nitrogen and oxygen atoms in total. The summed E-state index contributed by atoms with van der Waals surface area (Å²) in [7, 11) is 0. The van der Waals surface area contributed by atoms with Gasteiger partial charge in [0.1, 0.15) is 0 Å². The Kier molecular flexibility index (Phi) is 2.88. The summed E-state index contributed by atoms with van der Waals surface area (Å²) in [4.78, 5) is 1.21. The Morgan fingerprint density at radius 2 is 2.47 bits per heavy atom. The number of nitrogen functional groups attached to an aromatic ring is 1. The second-order valence-corrected chi connectivity index (χ2v) is 4.84. The summed E-state index contributed by atoms with van der Waals surface area (Å²) >= 11 is 1.58. The Balaban J connectivity index is 2.32. The van der Waals surface area contributed by atoms with Crippen molar-refractivity contribution in [3.05, 3.63) is 22.6 Å². The number of anilines is 1. The van der Waals surface area contributed by atoms with Gasteiger partial charge in [-0.3, -0.25) is 0 Å². The average molecular weight is 221 g/mol. The standard InChI is InChI=1S/C11H15N3S/c1-7-4-8(2-3-14-7)10-5-9(6-12)11(13)15-10/h4-7,12,14H,2-3,13H2,1H3. The number of hydrogen-bond donors (Lipinski definition) is 3. The zero-order valence-electron chi connectivity index (χ0n) is 8.71. The minimum absolute atomic E-state index is 0.431. The Labute approximate surface area is 93.5 Å². The highest BCUT2D eigenvalue weighted by atomic mass is 32.1. The first-order valence-corrected chi connectivity index (χ1v) is 5.86. The SMILES string of the molecule is CC1C=C(c2cc(C=N)c(N)s2)CCN1. The summed E-state index contributed by atoms with van der Waals surface area (Å²) in [5, 5.41) is 11.3. The second kappa shape index (κ2) is 4.16. The minimum Gasteiger partial charge on any atom is -0.390 e. The molecule has 1 unspecified atom stereocenters. The lowest BCUT2D eigenvalue weighted by Gasteiger charge is -2.18. The predicted octanol–water partition coefficient (Wildman–Crippen LogP) is 2.09. The van der Waals surface area contributed by atoms with Gasteiger partial charge in [-0.2, -0.15) is 0 Å². The van der Waals surface area contributed by atoms with Crippen LogP contribution < -0.4 is 11.1 Å². The van der Waals surface area contributed by atoms with E-state index in [0.29, 0.717) is 6.04 Å². The van der Waals surface area contributed by atoms with Gasteiger partial charge in [0, 0.05) is 22.7 Å². The molecule has 1 atom stereocenters. The first kappa shape index (κ1) is 10.4. The number of hydrogen-bond acceptors (Lipinski definition) is 4. The highest BCUT2D eigenvalue weighted by Gasteiger charge is 2.13. The monoisotopic (exact) mass is 221 g/mol. The number of rotatable bonds is 2. The molecule has 4 N–H and O–H groups in total. The fourth-order valence-electron chi connectivity index (χ4n) is 1.77. The van der Waals surface area contributed by atoms with E-state index in [4.69, 9.17) is 11.1 Å². The van der Waals surface area contributed by atoms with Crippen LogP contribution in [0.5, 0.6) is 0 Å². The molecule has 0 aromatic carbocycles. The normalized spacial score (nSPS) is 21.1. The molecule has 0 bridgehead atoms. The largest absolute Gasteiger partial charge is 0.390 e. The summed E-state index contributed by atoms with van der Waals surface area (Å²) in [5.41, 5.74) is 8.01. The molecular weight excluding hydrogens is 206 g/mol. The van der Waals surface area contributed by atoms with Crippen molar-refractivity contribution in [1.82, 2.24) is 5.32 Å². The van der Waals surface area contributed by atoms with Crippen LogP contribution in [0.15, 0.2) is 12.1 Å². The van der Waals surface area contributed by atoms with Crippen molar-refractivity contribution in [2.24, 2.45) is 0 Å². The van der Waals surface area contributed by atoms with Crippen molar-refractivity contribution in [2.45, 2.75) is 19.4 Å². The van der Waals surface area contributed by atoms with Gasteiger partial charge in [-0.15, -0.1) is 11.3 Å². The van der Waals surface area contributed by atoms with E-state index in [-0.39, 0.29) is 0 Å². The van der Waals surface area contributed by atoms with Crippen molar-refractivity contribution in [1.29, 1.82) is 5.41 Å². The van der Waals surface area contributed by atoms with Gasteiger partial charge in [0.05, 0.1) is 5.00 Å². The van der Waals surface area contributed by atoms with Gasteiger partial charge < -0.3 is 16.5 Å². The lowest BCUT2D eigenvalue weighted by atomic mass is 10.0. The summed E-state index contributed by atoms with van der Waals surface area (Å²) < 4.78 is 0. The van der Waals surface area contributed by atoms with E-state index in [1.54, 1.807) is 11.3 Å². The number of thiophene rings is 1. The van der Waals surface area contributed by atoms with E-state index in [2.05, 4.69) is 18.3 Å². The fraction of sp³-hybridized carbons (Fsp3) is 0.364. The van der Waals surface area contributed by atoms with Crippen LogP contribution in [0.3, 0.4) is 0 Å². The maximum Gasteiger partial charge on any atom is 0.0951 e. The van der Waals surface area contributed by atoms with Crippen LogP contribution in [-0.4, -0.2) is 18.8 Å². The molecule has 1 aliphatic heterocycles. The van der Waals surface area contributed by atoms with Crippen LogP contribution in [-0.2, 0) is 0 Å². The highest BCUT2D eigenvalue weighted by molar-refractivity contribution is 7.17. The third-order valence-electron chi connectivity index (χ3n) is 2.57. The van der Waals surface area contributed by atoms with Gasteiger partial charge >= 0.3 is 0 Å². The maximum atomic E-state index is 7.22. The van der Waals surface area contributed by atoms with Crippen LogP contribution in [0.25, 0.3) is 5.57 Å². The fourth-order valence-corrected chi connectivity index (χ4v) is 2.73. The van der Waals surface area contributed by atoms with Gasteiger partial charge in [-0.25, -0.2) is 0 Å². The molecule has 0 saturated heterocycles. The van der Waals surface area contributed by atoms with E-state index in [1.165, 1.54) is 16.7 Å². The molecular formula is C11H15N3S. The molecule has 1 aromatic rings. The van der Waals surface area contributed by atoms with Crippen molar-refractivity contribution >= 4 is 28.1 Å². The van der Waals surface area contributed by atoms with E-state index in [9.17, 15) is 0 Å². The Hall–Kier alpha value is -1.13. The molecule has 2 rings (SSSR count). The average Bonchev–Trinajstić information content (AvgIpc) is 2.60. The van der Waals surface area contributed by atoms with Crippen LogP contribution in [0.2, 0.25) is 0 Å². The topological polar surface area (TPSA) is 61.9 Å². The smallest absolute Gasteiger partial charge is 0.0951 e. The van der Waals surface area contributed by atoms with E-state index in [1.807, 2.05) is 6.07 Å². The van der Waals surface area contributed by atoms with Gasteiger partial charge in [0.15, 0.2) is 0 Å². The maximum absolute atomic E-state index is 7.22. The van der Waals surface area contributed by atoms with Gasteiger partial charge in [0.25, 0.3) is 0 Å². The molecule has 0 saturated carbocycles. The van der Waals surface area contributed by atoms with E-state index >= 15 is 0 Å². The Bertz CT molecular complexity index is 406. The molecule has 1 aliphatic rings. The summed E-state index contributed by atoms with van der Waals surface area (Å²) in [6.45, 7) is 3.17. The van der Waals surface area contributed by atoms with Crippen molar-refractivity contribution < 1.29 is 0 Å². The highest BCUT2D eigenvalue weighted by Crippen LogP contribution is 2.32. The zero-order chi connectivity index (χ0) is 10.8. The molecule has 0 fully saturated rings. The third-order valence-corrected chi connectivity index (χ3v) is 3.63. The van der Waals surface area contributed by atoms with Crippen molar-refractivity contribution in [3.8, 4) is 0 Å². The summed E-state index contributed by atoms with van der Waals surface area (Å²) in [6.07, 6.45) is 4.60. The zero-order valence-corrected chi connectivity index (χ0v) is 9.53. The number of nitrogens with one attached hydrogen (secondary N) is 2. The van der Waals surface area contributed by atoms with Crippen LogP contribution in [0.1, 0.15) is 23.8 Å². The van der Waals surface area contributed by atoms with Gasteiger partial charge in [-0.1, -0.05) is 6.08 Å². The number of nitrogens with two attached hydrogens (primary N) is 1. The van der Waals surface area contributed by atoms with E-state index in [0.717, 1.165) is 23.5 Å². The lowest BCUT2D eigenvalue weighted by Crippen LogP contribution is -2.28. The van der Waals surface area contributed by atoms with Crippen LogP contribution in [0, 0.1) is 5.41 Å². The van der Waals surface area contributed by atoms with Crippen molar-refractivity contribution in [2.75, 3.05) is 12.3 Å². The molecule has 80 valence electrons. The summed E-state index contributed by atoms with van der Waals surface area (Å²) in [5.74, 6) is 0. The van der Waals surface area contributed by atoms with E-state index < -0.39 is 0 Å². The molecule has 0 aliphatic carbocycles. The first-order chi connectivity index (χ1) is 7.20. The van der Waals surface area contributed by atoms with Gasteiger partial charge in [-0.05, 0) is 31.5 Å². The first-order valence-electron chi connectivity index (χ1n) is 5.05. The summed E-state index contributed by atoms with van der Waals surface area (Å²) in [6, 6.07) is 2.44. The quantitative estimate of drug-likeness (QED) is 0.670. The lowest BCUT2D eigenvalue weighted by molar-refractivity contribution is 0.621. The minimum atomic E-state index is 0.431. The molecule has 15 heavy (non-hydrogen) atoms. The molecule has 0 radical (unpaired) electrons. The molecule has 0 spiro atoms. The predicted molar refractivity (Wildman–Crippen MR) is 66.7 cm³/mol.